The molecule has 1 fully saturated rings. The van der Waals surface area contributed by atoms with E-state index < -0.39 is 0 Å². The van der Waals surface area contributed by atoms with Crippen LogP contribution >= 0.6 is 11.6 Å². The quantitative estimate of drug-likeness (QED) is 0.786. The molecule has 0 radical (unpaired) electrons. The van der Waals surface area contributed by atoms with Crippen molar-refractivity contribution in [2.45, 2.75) is 25.4 Å². The molecule has 5 nitrogen and oxygen atoms in total. The molecular formula is C9H12ClN3O2. The Morgan fingerprint density at radius 1 is 1.53 bits per heavy atom. The Hall–Kier alpha value is -0.940. The van der Waals surface area contributed by atoms with Crippen molar-refractivity contribution in [1.29, 1.82) is 0 Å². The number of ether oxygens (including phenoxy) is 2. The molecule has 1 saturated heterocycles. The first-order valence-electron chi connectivity index (χ1n) is 4.94. The molecule has 1 aliphatic rings. The largest absolute Gasteiger partial charge is 0.474 e. The molecule has 0 N–H and O–H groups in total. The van der Waals surface area contributed by atoms with Crippen LogP contribution in [0.15, 0.2) is 6.20 Å². The number of rotatable bonds is 3. The molecule has 1 aromatic heterocycles. The molecule has 0 bridgehead atoms. The third-order valence-electron chi connectivity index (χ3n) is 2.20. The minimum atomic E-state index is 0.0945. The van der Waals surface area contributed by atoms with Gasteiger partial charge in [-0.1, -0.05) is 0 Å². The summed E-state index contributed by atoms with van der Waals surface area (Å²) in [4.78, 5) is 3.87. The lowest BCUT2D eigenvalue weighted by molar-refractivity contribution is -0.0120. The van der Waals surface area contributed by atoms with Crippen molar-refractivity contribution in [3.05, 3.63) is 11.5 Å². The highest BCUT2D eigenvalue weighted by atomic mass is 35.5. The molecule has 15 heavy (non-hydrogen) atoms. The fraction of sp³-hybridized carbons (Fsp3) is 0.667. The maximum atomic E-state index is 5.57. The molecule has 1 unspecified atom stereocenters. The Balaban J connectivity index is 1.81. The highest BCUT2D eigenvalue weighted by molar-refractivity contribution is 6.28. The Bertz CT molecular complexity index is 318. The van der Waals surface area contributed by atoms with E-state index in [1.807, 2.05) is 0 Å². The van der Waals surface area contributed by atoms with Crippen LogP contribution in [-0.2, 0) is 4.74 Å². The summed E-state index contributed by atoms with van der Waals surface area (Å²) >= 11 is 5.57. The Morgan fingerprint density at radius 3 is 3.20 bits per heavy atom. The van der Waals surface area contributed by atoms with Gasteiger partial charge in [0.05, 0.1) is 6.10 Å². The molecule has 2 rings (SSSR count). The summed E-state index contributed by atoms with van der Waals surface area (Å²) in [5, 5.41) is 7.26. The number of hydrogen-bond donors (Lipinski definition) is 0. The van der Waals surface area contributed by atoms with Gasteiger partial charge in [-0.05, 0) is 30.9 Å². The Morgan fingerprint density at radius 2 is 2.47 bits per heavy atom. The predicted octanol–water partition coefficient (Wildman–Crippen LogP) is 1.47. The topological polar surface area (TPSA) is 57.1 Å². The average Bonchev–Trinajstić information content (AvgIpc) is 2.28. The number of hydrogen-bond acceptors (Lipinski definition) is 5. The van der Waals surface area contributed by atoms with Crippen molar-refractivity contribution in [2.24, 2.45) is 0 Å². The summed E-state index contributed by atoms with van der Waals surface area (Å²) in [5.74, 6) is 0.393. The molecule has 2 heterocycles. The van der Waals surface area contributed by atoms with Crippen LogP contribution in [0.1, 0.15) is 19.3 Å². The van der Waals surface area contributed by atoms with Gasteiger partial charge in [0.1, 0.15) is 12.8 Å². The van der Waals surface area contributed by atoms with E-state index in [0.717, 1.165) is 19.4 Å². The van der Waals surface area contributed by atoms with E-state index in [1.165, 1.54) is 12.6 Å². The summed E-state index contributed by atoms with van der Waals surface area (Å²) in [6, 6.07) is 0. The summed E-state index contributed by atoms with van der Waals surface area (Å²) in [7, 11) is 0. The zero-order chi connectivity index (χ0) is 10.5. The second kappa shape index (κ2) is 5.23. The highest BCUT2D eigenvalue weighted by Gasteiger charge is 2.14. The summed E-state index contributed by atoms with van der Waals surface area (Å²) in [6.45, 7) is 1.31. The normalized spacial score (nSPS) is 21.3. The van der Waals surface area contributed by atoms with Gasteiger partial charge in [0, 0.05) is 6.61 Å². The van der Waals surface area contributed by atoms with Crippen molar-refractivity contribution >= 4 is 11.6 Å². The molecule has 0 aromatic carbocycles. The summed E-state index contributed by atoms with van der Waals surface area (Å²) < 4.78 is 10.9. The summed E-state index contributed by atoms with van der Waals surface area (Å²) in [6.07, 6.45) is 4.96. The van der Waals surface area contributed by atoms with Gasteiger partial charge in [-0.25, -0.2) is 0 Å². The van der Waals surface area contributed by atoms with Gasteiger partial charge in [-0.2, -0.15) is 10.1 Å². The van der Waals surface area contributed by atoms with Crippen molar-refractivity contribution in [3.8, 4) is 5.88 Å². The van der Waals surface area contributed by atoms with Gasteiger partial charge >= 0.3 is 0 Å². The van der Waals surface area contributed by atoms with Crippen LogP contribution < -0.4 is 4.74 Å². The van der Waals surface area contributed by atoms with E-state index >= 15 is 0 Å². The van der Waals surface area contributed by atoms with Crippen LogP contribution in [-0.4, -0.2) is 34.5 Å². The molecule has 0 aliphatic carbocycles. The van der Waals surface area contributed by atoms with Crippen LogP contribution in [0.3, 0.4) is 0 Å². The lowest BCUT2D eigenvalue weighted by atomic mass is 10.1. The fourth-order valence-corrected chi connectivity index (χ4v) is 1.58. The smallest absolute Gasteiger partial charge is 0.246 e. The Kier molecular flexibility index (Phi) is 3.69. The monoisotopic (exact) mass is 229 g/mol. The van der Waals surface area contributed by atoms with Gasteiger partial charge in [-0.3, -0.25) is 0 Å². The number of halogens is 1. The number of nitrogens with zero attached hydrogens (tertiary/aromatic N) is 3. The molecule has 82 valence electrons. The van der Waals surface area contributed by atoms with Crippen molar-refractivity contribution in [1.82, 2.24) is 15.2 Å². The SMILES string of the molecule is Clc1nncc(OCC2CCCCO2)n1. The molecule has 1 atom stereocenters. The van der Waals surface area contributed by atoms with E-state index in [0.29, 0.717) is 12.5 Å². The first-order chi connectivity index (χ1) is 7.34. The van der Waals surface area contributed by atoms with E-state index in [-0.39, 0.29) is 11.4 Å². The molecule has 6 heteroatoms. The van der Waals surface area contributed by atoms with Crippen LogP contribution in [0.2, 0.25) is 5.28 Å². The third-order valence-corrected chi connectivity index (χ3v) is 2.36. The average molecular weight is 230 g/mol. The lowest BCUT2D eigenvalue weighted by Gasteiger charge is -2.22. The zero-order valence-corrected chi connectivity index (χ0v) is 8.98. The lowest BCUT2D eigenvalue weighted by Crippen LogP contribution is -2.26. The third kappa shape index (κ3) is 3.28. The van der Waals surface area contributed by atoms with Gasteiger partial charge in [0.25, 0.3) is 0 Å². The zero-order valence-electron chi connectivity index (χ0n) is 8.23. The van der Waals surface area contributed by atoms with Gasteiger partial charge in [-0.15, -0.1) is 5.10 Å². The second-order valence-corrected chi connectivity index (χ2v) is 3.70. The van der Waals surface area contributed by atoms with E-state index in [2.05, 4.69) is 15.2 Å². The molecular weight excluding hydrogens is 218 g/mol. The van der Waals surface area contributed by atoms with E-state index in [9.17, 15) is 0 Å². The molecule has 0 amide bonds. The highest BCUT2D eigenvalue weighted by Crippen LogP contribution is 2.14. The van der Waals surface area contributed by atoms with Crippen molar-refractivity contribution < 1.29 is 9.47 Å². The van der Waals surface area contributed by atoms with E-state index in [4.69, 9.17) is 21.1 Å². The van der Waals surface area contributed by atoms with Crippen molar-refractivity contribution in [3.63, 3.8) is 0 Å². The van der Waals surface area contributed by atoms with Gasteiger partial charge in [0.2, 0.25) is 11.2 Å². The number of aromatic nitrogens is 3. The standard InChI is InChI=1S/C9H12ClN3O2/c10-9-12-8(5-11-13-9)15-6-7-3-1-2-4-14-7/h5,7H,1-4,6H2. The maximum absolute atomic E-state index is 5.57. The first kappa shape index (κ1) is 10.6. The van der Waals surface area contributed by atoms with Crippen LogP contribution in [0, 0.1) is 0 Å². The maximum Gasteiger partial charge on any atom is 0.246 e. The fourth-order valence-electron chi connectivity index (χ4n) is 1.45. The van der Waals surface area contributed by atoms with Gasteiger partial charge in [0.15, 0.2) is 0 Å². The molecule has 1 aromatic rings. The Labute approximate surface area is 92.8 Å². The summed E-state index contributed by atoms with van der Waals surface area (Å²) in [5.41, 5.74) is 0. The first-order valence-corrected chi connectivity index (χ1v) is 5.32. The molecule has 0 saturated carbocycles. The predicted molar refractivity (Wildman–Crippen MR) is 53.9 cm³/mol. The van der Waals surface area contributed by atoms with Crippen molar-refractivity contribution in [2.75, 3.05) is 13.2 Å². The van der Waals surface area contributed by atoms with Crippen LogP contribution in [0.5, 0.6) is 5.88 Å². The molecule has 1 aliphatic heterocycles. The van der Waals surface area contributed by atoms with E-state index in [1.54, 1.807) is 0 Å². The van der Waals surface area contributed by atoms with Gasteiger partial charge < -0.3 is 9.47 Å². The second-order valence-electron chi connectivity index (χ2n) is 3.36. The van der Waals surface area contributed by atoms with Crippen LogP contribution in [0.4, 0.5) is 0 Å². The minimum Gasteiger partial charge on any atom is -0.474 e. The van der Waals surface area contributed by atoms with Crippen LogP contribution in [0.25, 0.3) is 0 Å². The minimum absolute atomic E-state index is 0.0945. The molecule has 0 spiro atoms.